The van der Waals surface area contributed by atoms with Crippen molar-refractivity contribution in [2.75, 3.05) is 6.61 Å². The first kappa shape index (κ1) is 11.9. The molecule has 86 valence electrons. The number of hydrogen-bond acceptors (Lipinski definition) is 1. The van der Waals surface area contributed by atoms with Gasteiger partial charge in [0.05, 0.1) is 4.47 Å². The van der Waals surface area contributed by atoms with Crippen molar-refractivity contribution in [1.29, 1.82) is 0 Å². The fourth-order valence-corrected chi connectivity index (χ4v) is 1.85. The summed E-state index contributed by atoms with van der Waals surface area (Å²) in [5.41, 5.74) is 1.18. The van der Waals surface area contributed by atoms with Crippen LogP contribution in [0.4, 0.5) is 0 Å². The Bertz CT molecular complexity index is 491. The summed E-state index contributed by atoms with van der Waals surface area (Å²) >= 11 is 3.44. The third kappa shape index (κ3) is 3.75. The molecule has 0 radical (unpaired) electrons. The van der Waals surface area contributed by atoms with Crippen LogP contribution < -0.4 is 4.74 Å². The summed E-state index contributed by atoms with van der Waals surface area (Å²) in [5.74, 6) is 0.866. The Balaban J connectivity index is 1.88. The molecule has 2 rings (SSSR count). The van der Waals surface area contributed by atoms with Crippen molar-refractivity contribution in [3.05, 3.63) is 70.7 Å². The molecule has 0 bridgehead atoms. The van der Waals surface area contributed by atoms with Gasteiger partial charge in [-0.3, -0.25) is 0 Å². The van der Waals surface area contributed by atoms with Crippen molar-refractivity contribution in [3.63, 3.8) is 0 Å². The lowest BCUT2D eigenvalue weighted by Gasteiger charge is -2.04. The first-order chi connectivity index (χ1) is 8.36. The molecule has 0 fully saturated rings. The van der Waals surface area contributed by atoms with E-state index < -0.39 is 0 Å². The molecule has 0 aliphatic heterocycles. The van der Waals surface area contributed by atoms with Gasteiger partial charge in [0.25, 0.3) is 0 Å². The molecule has 2 heteroatoms. The van der Waals surface area contributed by atoms with Crippen LogP contribution in [0.15, 0.2) is 65.1 Å². The van der Waals surface area contributed by atoms with E-state index in [1.54, 1.807) is 0 Å². The molecule has 0 amide bonds. The molecule has 0 heterocycles. The Morgan fingerprint density at radius 3 is 2.41 bits per heavy atom. The van der Waals surface area contributed by atoms with Crippen LogP contribution in [0.3, 0.4) is 0 Å². The highest BCUT2D eigenvalue weighted by Crippen LogP contribution is 2.23. The maximum Gasteiger partial charge on any atom is 0.133 e. The molecular weight excluding hydrogens is 276 g/mol. The monoisotopic (exact) mass is 288 g/mol. The van der Waals surface area contributed by atoms with Crippen LogP contribution in [-0.4, -0.2) is 6.61 Å². The van der Waals surface area contributed by atoms with E-state index in [1.165, 1.54) is 5.56 Å². The van der Waals surface area contributed by atoms with Gasteiger partial charge in [0.1, 0.15) is 12.4 Å². The van der Waals surface area contributed by atoms with Crippen LogP contribution in [0.5, 0.6) is 5.75 Å². The highest BCUT2D eigenvalue weighted by atomic mass is 79.9. The summed E-state index contributed by atoms with van der Waals surface area (Å²) in [6.45, 7) is 0.567. The summed E-state index contributed by atoms with van der Waals surface area (Å²) in [4.78, 5) is 0. The van der Waals surface area contributed by atoms with Crippen LogP contribution >= 0.6 is 15.9 Å². The Hall–Kier alpha value is -1.54. The number of halogens is 1. The molecule has 0 saturated heterocycles. The number of benzene rings is 2. The molecule has 0 atom stereocenters. The van der Waals surface area contributed by atoms with Gasteiger partial charge in [0.2, 0.25) is 0 Å². The van der Waals surface area contributed by atoms with E-state index in [4.69, 9.17) is 4.74 Å². The maximum atomic E-state index is 5.62. The van der Waals surface area contributed by atoms with E-state index in [0.29, 0.717) is 6.61 Å². The smallest absolute Gasteiger partial charge is 0.133 e. The second-order valence-electron chi connectivity index (χ2n) is 3.55. The zero-order valence-corrected chi connectivity index (χ0v) is 10.9. The summed E-state index contributed by atoms with van der Waals surface area (Å²) in [5, 5.41) is 0. The molecule has 1 nitrogen and oxygen atoms in total. The molecule has 0 aromatic heterocycles. The van der Waals surface area contributed by atoms with Gasteiger partial charge in [-0.25, -0.2) is 0 Å². The number of hydrogen-bond donors (Lipinski definition) is 0. The normalized spacial score (nSPS) is 10.6. The van der Waals surface area contributed by atoms with E-state index in [2.05, 4.69) is 34.1 Å². The maximum absolute atomic E-state index is 5.62. The van der Waals surface area contributed by atoms with E-state index in [9.17, 15) is 0 Å². The summed E-state index contributed by atoms with van der Waals surface area (Å²) < 4.78 is 6.60. The molecule has 2 aromatic rings. The average molecular weight is 289 g/mol. The number of para-hydroxylation sites is 1. The van der Waals surface area contributed by atoms with Crippen molar-refractivity contribution >= 4 is 22.0 Å². The van der Waals surface area contributed by atoms with Crippen molar-refractivity contribution < 1.29 is 4.74 Å². The van der Waals surface area contributed by atoms with Crippen molar-refractivity contribution in [2.45, 2.75) is 0 Å². The quantitative estimate of drug-likeness (QED) is 0.802. The van der Waals surface area contributed by atoms with Gasteiger partial charge >= 0.3 is 0 Å². The SMILES string of the molecule is Brc1ccccc1OCC=Cc1ccccc1. The average Bonchev–Trinajstić information content (AvgIpc) is 2.38. The Morgan fingerprint density at radius 2 is 1.65 bits per heavy atom. The van der Waals surface area contributed by atoms with Crippen LogP contribution in [0.1, 0.15) is 5.56 Å². The van der Waals surface area contributed by atoms with Gasteiger partial charge in [-0.2, -0.15) is 0 Å². The molecule has 0 spiro atoms. The topological polar surface area (TPSA) is 9.23 Å². The van der Waals surface area contributed by atoms with Gasteiger partial charge in [-0.05, 0) is 39.7 Å². The predicted octanol–water partition coefficient (Wildman–Crippen LogP) is 4.54. The van der Waals surface area contributed by atoms with E-state index >= 15 is 0 Å². The molecule has 2 aromatic carbocycles. The van der Waals surface area contributed by atoms with Crippen LogP contribution in [-0.2, 0) is 0 Å². The summed E-state index contributed by atoms with van der Waals surface area (Å²) in [7, 11) is 0. The fourth-order valence-electron chi connectivity index (χ4n) is 1.45. The zero-order valence-electron chi connectivity index (χ0n) is 9.34. The summed E-state index contributed by atoms with van der Waals surface area (Å²) in [6, 6.07) is 18.0. The van der Waals surface area contributed by atoms with E-state index in [-0.39, 0.29) is 0 Å². The lowest BCUT2D eigenvalue weighted by molar-refractivity contribution is 0.361. The minimum Gasteiger partial charge on any atom is -0.488 e. The summed E-state index contributed by atoms with van der Waals surface area (Å²) in [6.07, 6.45) is 4.06. The predicted molar refractivity (Wildman–Crippen MR) is 75.1 cm³/mol. The van der Waals surface area contributed by atoms with Crippen molar-refractivity contribution in [2.24, 2.45) is 0 Å². The van der Waals surface area contributed by atoms with Gasteiger partial charge in [0.15, 0.2) is 0 Å². The van der Waals surface area contributed by atoms with Gasteiger partial charge in [0, 0.05) is 0 Å². The standard InChI is InChI=1S/C15H13BrO/c16-14-10-4-5-11-15(14)17-12-6-9-13-7-2-1-3-8-13/h1-11H,12H2. The second-order valence-corrected chi connectivity index (χ2v) is 4.41. The van der Waals surface area contributed by atoms with Crippen molar-refractivity contribution in [1.82, 2.24) is 0 Å². The Kier molecular flexibility index (Phi) is 4.39. The van der Waals surface area contributed by atoms with Crippen LogP contribution in [0, 0.1) is 0 Å². The first-order valence-corrected chi connectivity index (χ1v) is 6.24. The lowest BCUT2D eigenvalue weighted by atomic mass is 10.2. The minimum atomic E-state index is 0.567. The third-order valence-corrected chi connectivity index (χ3v) is 2.94. The molecule has 0 aliphatic rings. The lowest BCUT2D eigenvalue weighted by Crippen LogP contribution is -1.93. The third-order valence-electron chi connectivity index (χ3n) is 2.28. The molecule has 17 heavy (non-hydrogen) atoms. The van der Waals surface area contributed by atoms with Crippen LogP contribution in [0.2, 0.25) is 0 Å². The number of ether oxygens (including phenoxy) is 1. The highest BCUT2D eigenvalue weighted by molar-refractivity contribution is 9.10. The second kappa shape index (κ2) is 6.26. The fraction of sp³-hybridized carbons (Fsp3) is 0.0667. The van der Waals surface area contributed by atoms with Gasteiger partial charge < -0.3 is 4.74 Å². The van der Waals surface area contributed by atoms with Gasteiger partial charge in [-0.1, -0.05) is 48.5 Å². The first-order valence-electron chi connectivity index (χ1n) is 5.45. The van der Waals surface area contributed by atoms with Crippen LogP contribution in [0.25, 0.3) is 6.08 Å². The highest BCUT2D eigenvalue weighted by Gasteiger charge is 1.96. The minimum absolute atomic E-state index is 0.567. The van der Waals surface area contributed by atoms with Gasteiger partial charge in [-0.15, -0.1) is 0 Å². The Morgan fingerprint density at radius 1 is 0.941 bits per heavy atom. The molecule has 0 saturated carbocycles. The molecule has 0 aliphatic carbocycles. The van der Waals surface area contributed by atoms with E-state index in [0.717, 1.165) is 10.2 Å². The molecule has 0 N–H and O–H groups in total. The van der Waals surface area contributed by atoms with Crippen molar-refractivity contribution in [3.8, 4) is 5.75 Å². The zero-order chi connectivity index (χ0) is 11.9. The largest absolute Gasteiger partial charge is 0.488 e. The number of rotatable bonds is 4. The molecular formula is C15H13BrO. The molecule has 0 unspecified atom stereocenters. The van der Waals surface area contributed by atoms with E-state index in [1.807, 2.05) is 48.5 Å². The Labute approximate surface area is 110 Å².